The van der Waals surface area contributed by atoms with Crippen LogP contribution in [0.3, 0.4) is 0 Å². The zero-order chi connectivity index (χ0) is 33.4. The van der Waals surface area contributed by atoms with Gasteiger partial charge in [-0.3, -0.25) is 0 Å². The number of unbranched alkanes of at least 4 members (excludes halogenated alkanes) is 3. The number of nitrogens with zero attached hydrogens (tertiary/aromatic N) is 6. The summed E-state index contributed by atoms with van der Waals surface area (Å²) in [6.45, 7) is 6.76. The Balaban J connectivity index is 1.32. The number of carbonyl (C=O) groups is 2. The summed E-state index contributed by atoms with van der Waals surface area (Å²) in [5, 5.41) is 25.0. The number of carbonyl (C=O) groups excluding carboxylic acids is 2. The number of esters is 2. The van der Waals surface area contributed by atoms with Crippen LogP contribution in [0.15, 0.2) is 116 Å². The molecule has 0 amide bonds. The fraction of sp³-hybridized carbons (Fsp3) is 0.278. The van der Waals surface area contributed by atoms with Crippen LogP contribution in [0.2, 0.25) is 0 Å². The Labute approximate surface area is 273 Å². The Morgan fingerprint density at radius 2 is 1.00 bits per heavy atom. The van der Waals surface area contributed by atoms with Crippen molar-refractivity contribution in [2.75, 3.05) is 13.2 Å². The monoisotopic (exact) mass is 636 g/mol. The van der Waals surface area contributed by atoms with Crippen molar-refractivity contribution in [1.82, 2.24) is 0 Å². The Morgan fingerprint density at radius 3 is 1.51 bits per heavy atom. The van der Waals surface area contributed by atoms with E-state index in [0.717, 1.165) is 37.7 Å². The van der Waals surface area contributed by atoms with Gasteiger partial charge >= 0.3 is 11.9 Å². The van der Waals surface area contributed by atoms with Gasteiger partial charge in [-0.1, -0.05) is 33.1 Å². The zero-order valence-electron chi connectivity index (χ0n) is 26.7. The first-order valence-electron chi connectivity index (χ1n) is 15.6. The van der Waals surface area contributed by atoms with E-state index in [2.05, 4.69) is 37.6 Å². The van der Waals surface area contributed by atoms with Crippen LogP contribution in [-0.2, 0) is 9.47 Å². The first-order valence-corrected chi connectivity index (χ1v) is 15.6. The van der Waals surface area contributed by atoms with E-state index in [1.807, 2.05) is 13.8 Å². The molecule has 0 radical (unpaired) electrons. The van der Waals surface area contributed by atoms with Crippen molar-refractivity contribution >= 4 is 46.1 Å². The van der Waals surface area contributed by atoms with Gasteiger partial charge in [0.25, 0.3) is 0 Å². The summed E-state index contributed by atoms with van der Waals surface area (Å²) in [5.74, 6) is -1.34. The van der Waals surface area contributed by atoms with Gasteiger partial charge in [0.2, 0.25) is 0 Å². The van der Waals surface area contributed by atoms with Crippen LogP contribution >= 0.6 is 0 Å². The average Bonchev–Trinajstić information content (AvgIpc) is 3.09. The van der Waals surface area contributed by atoms with E-state index in [9.17, 15) is 14.0 Å². The van der Waals surface area contributed by atoms with E-state index in [1.165, 1.54) is 12.1 Å². The predicted octanol–water partition coefficient (Wildman–Crippen LogP) is 11.7. The normalized spacial score (nSPS) is 11.5. The number of halogens is 1. The lowest BCUT2D eigenvalue weighted by Crippen LogP contribution is -2.06. The minimum Gasteiger partial charge on any atom is -0.462 e. The first kappa shape index (κ1) is 34.4. The maximum absolute atomic E-state index is 14.8. The van der Waals surface area contributed by atoms with Gasteiger partial charge in [0.05, 0.1) is 52.8 Å². The van der Waals surface area contributed by atoms with Crippen LogP contribution in [-0.4, -0.2) is 25.2 Å². The summed E-state index contributed by atoms with van der Waals surface area (Å²) in [7, 11) is 0. The number of azo groups is 3. The molecule has 0 saturated carbocycles. The molecule has 4 aromatic rings. The molecule has 10 nitrogen and oxygen atoms in total. The number of ether oxygens (including phenoxy) is 2. The summed E-state index contributed by atoms with van der Waals surface area (Å²) in [6, 6.07) is 22.8. The molecular formula is C36H37FN6O4. The maximum atomic E-state index is 14.8. The van der Waals surface area contributed by atoms with Crippen molar-refractivity contribution in [2.45, 2.75) is 52.9 Å². The summed E-state index contributed by atoms with van der Waals surface area (Å²) in [4.78, 5) is 24.2. The van der Waals surface area contributed by atoms with Crippen LogP contribution in [0.1, 0.15) is 72.2 Å². The van der Waals surface area contributed by atoms with E-state index < -0.39 is 5.82 Å². The van der Waals surface area contributed by atoms with Crippen LogP contribution < -0.4 is 0 Å². The lowest BCUT2D eigenvalue weighted by Gasteiger charge is -2.04. The second-order valence-electron chi connectivity index (χ2n) is 10.6. The van der Waals surface area contributed by atoms with Crippen LogP contribution in [0.25, 0.3) is 0 Å². The highest BCUT2D eigenvalue weighted by Crippen LogP contribution is 2.30. The molecule has 0 aliphatic carbocycles. The van der Waals surface area contributed by atoms with Crippen molar-refractivity contribution in [1.29, 1.82) is 0 Å². The quantitative estimate of drug-likeness (QED) is 0.0730. The lowest BCUT2D eigenvalue weighted by molar-refractivity contribution is 0.0489. The molecule has 0 atom stereocenters. The molecule has 4 aromatic carbocycles. The van der Waals surface area contributed by atoms with Crippen molar-refractivity contribution in [3.05, 3.63) is 107 Å². The number of aryl methyl sites for hydroxylation is 1. The minimum atomic E-state index is -0.603. The van der Waals surface area contributed by atoms with Gasteiger partial charge in [0.1, 0.15) is 5.69 Å². The van der Waals surface area contributed by atoms with Crippen molar-refractivity contribution in [2.24, 2.45) is 30.7 Å². The predicted molar refractivity (Wildman–Crippen MR) is 178 cm³/mol. The third kappa shape index (κ3) is 10.8. The molecule has 0 bridgehead atoms. The van der Waals surface area contributed by atoms with Crippen molar-refractivity contribution in [3.63, 3.8) is 0 Å². The van der Waals surface area contributed by atoms with Gasteiger partial charge in [-0.15, -0.1) is 5.11 Å². The van der Waals surface area contributed by atoms with Crippen molar-refractivity contribution in [3.8, 4) is 0 Å². The molecule has 4 rings (SSSR count). The number of benzene rings is 4. The van der Waals surface area contributed by atoms with Crippen molar-refractivity contribution < 1.29 is 23.5 Å². The van der Waals surface area contributed by atoms with E-state index in [4.69, 9.17) is 9.47 Å². The molecule has 0 aliphatic rings. The Kier molecular flexibility index (Phi) is 13.1. The molecule has 0 aliphatic heterocycles. The average molecular weight is 637 g/mol. The fourth-order valence-electron chi connectivity index (χ4n) is 4.11. The van der Waals surface area contributed by atoms with Gasteiger partial charge in [0.15, 0.2) is 5.82 Å². The smallest absolute Gasteiger partial charge is 0.338 e. The zero-order valence-corrected chi connectivity index (χ0v) is 26.7. The topological polar surface area (TPSA) is 127 Å². The largest absolute Gasteiger partial charge is 0.462 e. The Bertz CT molecular complexity index is 1740. The molecule has 0 heterocycles. The SMILES string of the molecule is CCCCCOC(=O)c1ccc(N=Nc2ccc(N=Nc3ccc(N=Nc4ccc(C(=O)OCCCC)cc4)cc3F)c(C)c2)cc1. The van der Waals surface area contributed by atoms with E-state index in [-0.39, 0.29) is 17.6 Å². The molecule has 0 saturated heterocycles. The molecule has 0 spiro atoms. The number of hydrogen-bond donors (Lipinski definition) is 0. The summed E-state index contributed by atoms with van der Waals surface area (Å²) < 4.78 is 25.2. The van der Waals surface area contributed by atoms with Crippen LogP contribution in [0, 0.1) is 12.7 Å². The molecule has 0 unspecified atom stereocenters. The molecule has 47 heavy (non-hydrogen) atoms. The molecule has 0 aromatic heterocycles. The Hall–Kier alpha value is -5.45. The number of rotatable bonds is 15. The molecule has 0 N–H and O–H groups in total. The molecule has 0 fully saturated rings. The summed E-state index contributed by atoms with van der Waals surface area (Å²) >= 11 is 0. The standard InChI is InChI=1S/C36H37FN6O4/c1-4-6-8-22-47-36(45)27-11-13-28(14-12-27)38-40-30-17-19-33(25(3)23-30)42-43-34-20-18-31(24-32(34)37)41-39-29-15-9-26(10-16-29)35(44)46-21-7-5-2/h9-20,23-24H,4-8,21-22H2,1-3H3. The second-order valence-corrected chi connectivity index (χ2v) is 10.6. The summed E-state index contributed by atoms with van der Waals surface area (Å²) in [6.07, 6.45) is 4.70. The third-order valence-corrected chi connectivity index (χ3v) is 6.86. The maximum Gasteiger partial charge on any atom is 0.338 e. The van der Waals surface area contributed by atoms with Gasteiger partial charge in [0, 0.05) is 6.07 Å². The highest BCUT2D eigenvalue weighted by Gasteiger charge is 2.08. The summed E-state index contributed by atoms with van der Waals surface area (Å²) in [5.41, 5.74) is 4.25. The highest BCUT2D eigenvalue weighted by molar-refractivity contribution is 5.90. The molecular weight excluding hydrogens is 599 g/mol. The van der Waals surface area contributed by atoms with Crippen LogP contribution in [0.5, 0.6) is 0 Å². The van der Waals surface area contributed by atoms with E-state index in [1.54, 1.807) is 72.8 Å². The second kappa shape index (κ2) is 17.9. The lowest BCUT2D eigenvalue weighted by atomic mass is 10.2. The van der Waals surface area contributed by atoms with Crippen LogP contribution in [0.4, 0.5) is 38.5 Å². The minimum absolute atomic E-state index is 0.0475. The first-order chi connectivity index (χ1) is 22.9. The third-order valence-electron chi connectivity index (χ3n) is 6.86. The number of hydrogen-bond acceptors (Lipinski definition) is 10. The van der Waals surface area contributed by atoms with Gasteiger partial charge in [-0.05, 0) is 104 Å². The van der Waals surface area contributed by atoms with E-state index >= 15 is 0 Å². The van der Waals surface area contributed by atoms with E-state index in [0.29, 0.717) is 52.8 Å². The molecule has 11 heteroatoms. The Morgan fingerprint density at radius 1 is 0.553 bits per heavy atom. The van der Waals surface area contributed by atoms with Gasteiger partial charge in [-0.25, -0.2) is 14.0 Å². The molecule has 242 valence electrons. The fourth-order valence-corrected chi connectivity index (χ4v) is 4.11. The highest BCUT2D eigenvalue weighted by atomic mass is 19.1. The van der Waals surface area contributed by atoms with Gasteiger partial charge < -0.3 is 9.47 Å². The van der Waals surface area contributed by atoms with Gasteiger partial charge in [-0.2, -0.15) is 25.6 Å².